The number of nitrogens with one attached hydrogen (secondary N) is 3. The Morgan fingerprint density at radius 1 is 1.03 bits per heavy atom. The van der Waals surface area contributed by atoms with E-state index in [0.717, 1.165) is 22.0 Å². The number of aromatic nitrogens is 3. The van der Waals surface area contributed by atoms with Crippen molar-refractivity contribution in [2.45, 2.75) is 6.04 Å². The first-order chi connectivity index (χ1) is 17.5. The van der Waals surface area contributed by atoms with Crippen LogP contribution in [0.1, 0.15) is 0 Å². The topological polar surface area (TPSA) is 132 Å². The molecule has 1 aliphatic rings. The molecule has 36 heavy (non-hydrogen) atoms. The molecule has 0 atom stereocenters. The zero-order chi connectivity index (χ0) is 25.1. The van der Waals surface area contributed by atoms with Crippen LogP contribution in [0.5, 0.6) is 0 Å². The summed E-state index contributed by atoms with van der Waals surface area (Å²) in [7, 11) is 0. The van der Waals surface area contributed by atoms with E-state index < -0.39 is 6.09 Å². The van der Waals surface area contributed by atoms with E-state index in [1.54, 1.807) is 12.4 Å². The maximum atomic E-state index is 11.7. The van der Waals surface area contributed by atoms with Gasteiger partial charge in [-0.25, -0.2) is 19.7 Å². The van der Waals surface area contributed by atoms with Gasteiger partial charge >= 0.3 is 6.09 Å². The summed E-state index contributed by atoms with van der Waals surface area (Å²) in [5.41, 5.74) is 3.95. The van der Waals surface area contributed by atoms with Gasteiger partial charge in [-0.1, -0.05) is 36.9 Å². The number of carbonyl (C=O) groups is 2. The molecule has 0 unspecified atom stereocenters. The van der Waals surface area contributed by atoms with Crippen LogP contribution in [0.3, 0.4) is 0 Å². The van der Waals surface area contributed by atoms with Gasteiger partial charge in [0.05, 0.1) is 23.4 Å². The Morgan fingerprint density at radius 3 is 2.61 bits per heavy atom. The minimum Gasteiger partial charge on any atom is -0.465 e. The normalized spacial score (nSPS) is 13.1. The van der Waals surface area contributed by atoms with Crippen molar-refractivity contribution >= 4 is 46.0 Å². The van der Waals surface area contributed by atoms with Gasteiger partial charge in [0.15, 0.2) is 0 Å². The Hall–Kier alpha value is -4.99. The first-order valence-corrected chi connectivity index (χ1v) is 11.3. The Kier molecular flexibility index (Phi) is 6.14. The zero-order valence-corrected chi connectivity index (χ0v) is 19.2. The molecule has 10 nitrogen and oxygen atoms in total. The van der Waals surface area contributed by atoms with Crippen molar-refractivity contribution in [1.82, 2.24) is 19.9 Å². The molecule has 0 aliphatic carbocycles. The fraction of sp³-hybridized carbons (Fsp3) is 0.115. The first kappa shape index (κ1) is 22.8. The van der Waals surface area contributed by atoms with Crippen LogP contribution >= 0.6 is 0 Å². The number of nitrogens with zero attached hydrogens (tertiary/aromatic N) is 4. The molecule has 0 radical (unpaired) electrons. The molecule has 180 valence electrons. The minimum absolute atomic E-state index is 0.0539. The summed E-state index contributed by atoms with van der Waals surface area (Å²) < 4.78 is 0. The summed E-state index contributed by atoms with van der Waals surface area (Å²) >= 11 is 0. The molecule has 10 heteroatoms. The number of carbonyl (C=O) groups excluding carboxylic acids is 1. The summed E-state index contributed by atoms with van der Waals surface area (Å²) in [6, 6.07) is 17.1. The lowest BCUT2D eigenvalue weighted by Gasteiger charge is -2.37. The summed E-state index contributed by atoms with van der Waals surface area (Å²) in [6.45, 7) is 4.37. The van der Waals surface area contributed by atoms with Crippen molar-refractivity contribution < 1.29 is 14.7 Å². The fourth-order valence-corrected chi connectivity index (χ4v) is 3.92. The third kappa shape index (κ3) is 4.92. The number of benzene rings is 2. The van der Waals surface area contributed by atoms with Gasteiger partial charge in [0.2, 0.25) is 11.9 Å². The molecule has 1 fully saturated rings. The number of fused-ring (bicyclic) bond motifs is 1. The molecule has 0 saturated carbocycles. The molecular formula is C26H23N7O3. The van der Waals surface area contributed by atoms with E-state index in [1.807, 2.05) is 54.6 Å². The Labute approximate surface area is 206 Å². The molecule has 0 spiro atoms. The lowest BCUT2D eigenvalue weighted by Crippen LogP contribution is -2.56. The van der Waals surface area contributed by atoms with Crippen molar-refractivity contribution in [2.24, 2.45) is 0 Å². The van der Waals surface area contributed by atoms with Crippen molar-refractivity contribution in [3.8, 4) is 11.1 Å². The maximum absolute atomic E-state index is 11.7. The number of hydrogen-bond donors (Lipinski definition) is 4. The van der Waals surface area contributed by atoms with Gasteiger partial charge in [0.25, 0.3) is 0 Å². The number of pyridine rings is 1. The van der Waals surface area contributed by atoms with E-state index in [-0.39, 0.29) is 11.9 Å². The van der Waals surface area contributed by atoms with E-state index in [4.69, 9.17) is 10.1 Å². The molecule has 4 aromatic rings. The van der Waals surface area contributed by atoms with E-state index >= 15 is 0 Å². The Balaban J connectivity index is 1.33. The highest BCUT2D eigenvalue weighted by Crippen LogP contribution is 2.30. The monoisotopic (exact) mass is 481 g/mol. The molecule has 1 aliphatic heterocycles. The van der Waals surface area contributed by atoms with E-state index in [1.165, 1.54) is 11.0 Å². The molecule has 2 amide bonds. The van der Waals surface area contributed by atoms with Gasteiger partial charge in [0.1, 0.15) is 5.82 Å². The summed E-state index contributed by atoms with van der Waals surface area (Å²) in [6.07, 6.45) is 3.74. The second-order valence-corrected chi connectivity index (χ2v) is 8.30. The molecule has 2 aromatic heterocycles. The second kappa shape index (κ2) is 9.71. The van der Waals surface area contributed by atoms with E-state index in [9.17, 15) is 9.59 Å². The SMILES string of the molecule is C=CC(=O)Nc1cccc(-c2cccc3cnc(Nc4ccc(NC5CN(C(=O)O)C5)nc4)nc23)c1. The molecule has 1 saturated heterocycles. The molecular weight excluding hydrogens is 458 g/mol. The fourth-order valence-electron chi connectivity index (χ4n) is 3.92. The van der Waals surface area contributed by atoms with E-state index in [0.29, 0.717) is 36.2 Å². The predicted molar refractivity (Wildman–Crippen MR) is 138 cm³/mol. The number of amides is 2. The van der Waals surface area contributed by atoms with Gasteiger partial charge in [-0.05, 0) is 35.9 Å². The Bertz CT molecular complexity index is 1450. The molecule has 3 heterocycles. The maximum Gasteiger partial charge on any atom is 0.407 e. The summed E-state index contributed by atoms with van der Waals surface area (Å²) in [5, 5.41) is 19.0. The van der Waals surface area contributed by atoms with Crippen molar-refractivity contribution in [2.75, 3.05) is 29.0 Å². The molecule has 4 N–H and O–H groups in total. The van der Waals surface area contributed by atoms with Gasteiger partial charge in [-0.15, -0.1) is 0 Å². The van der Waals surface area contributed by atoms with Crippen LogP contribution in [-0.2, 0) is 4.79 Å². The molecule has 2 aromatic carbocycles. The van der Waals surface area contributed by atoms with Gasteiger partial charge < -0.3 is 26.0 Å². The lowest BCUT2D eigenvalue weighted by atomic mass is 10.0. The standard InChI is InChI=1S/C26H23N7O3/c1-2-23(34)30-18-7-3-5-16(11-18)21-8-4-6-17-12-28-25(32-24(17)21)31-19-9-10-22(27-13-19)29-20-14-33(15-20)26(35)36/h2-13,20H,1,14-15H2,(H,27,29)(H,30,34)(H,35,36)(H,28,31,32). The third-order valence-electron chi connectivity index (χ3n) is 5.76. The molecule has 0 bridgehead atoms. The highest BCUT2D eigenvalue weighted by Gasteiger charge is 2.30. The third-order valence-corrected chi connectivity index (χ3v) is 5.76. The van der Waals surface area contributed by atoms with Gasteiger partial charge in [-0.3, -0.25) is 4.79 Å². The number of likely N-dealkylation sites (tertiary alicyclic amines) is 1. The zero-order valence-electron chi connectivity index (χ0n) is 19.2. The van der Waals surface area contributed by atoms with Crippen LogP contribution in [-0.4, -0.2) is 56.1 Å². The van der Waals surface area contributed by atoms with Crippen molar-refractivity contribution in [1.29, 1.82) is 0 Å². The largest absolute Gasteiger partial charge is 0.465 e. The number of anilines is 4. The smallest absolute Gasteiger partial charge is 0.407 e. The van der Waals surface area contributed by atoms with Crippen LogP contribution in [0.4, 0.5) is 27.9 Å². The number of rotatable bonds is 7. The number of hydrogen-bond acceptors (Lipinski definition) is 7. The highest BCUT2D eigenvalue weighted by atomic mass is 16.4. The quantitative estimate of drug-likeness (QED) is 0.287. The van der Waals surface area contributed by atoms with Gasteiger partial charge in [0, 0.05) is 35.9 Å². The van der Waals surface area contributed by atoms with Crippen LogP contribution < -0.4 is 16.0 Å². The lowest BCUT2D eigenvalue weighted by molar-refractivity contribution is -0.111. The minimum atomic E-state index is -0.911. The van der Waals surface area contributed by atoms with Crippen LogP contribution in [0.15, 0.2) is 79.6 Å². The van der Waals surface area contributed by atoms with Crippen molar-refractivity contribution in [3.05, 3.63) is 79.6 Å². The van der Waals surface area contributed by atoms with Crippen molar-refractivity contribution in [3.63, 3.8) is 0 Å². The highest BCUT2D eigenvalue weighted by molar-refractivity contribution is 6.00. The van der Waals surface area contributed by atoms with Gasteiger partial charge in [-0.2, -0.15) is 0 Å². The van der Waals surface area contributed by atoms with Crippen LogP contribution in [0.2, 0.25) is 0 Å². The molecule has 5 rings (SSSR count). The second-order valence-electron chi connectivity index (χ2n) is 8.30. The number of para-hydroxylation sites is 1. The van der Waals surface area contributed by atoms with E-state index in [2.05, 4.69) is 32.5 Å². The number of carboxylic acid groups (broad SMARTS) is 1. The average Bonchev–Trinajstić information content (AvgIpc) is 2.86. The van der Waals surface area contributed by atoms with Crippen LogP contribution in [0.25, 0.3) is 22.0 Å². The predicted octanol–water partition coefficient (Wildman–Crippen LogP) is 4.33. The van der Waals surface area contributed by atoms with Crippen LogP contribution in [0, 0.1) is 0 Å². The average molecular weight is 482 g/mol. The first-order valence-electron chi connectivity index (χ1n) is 11.3. The summed E-state index contributed by atoms with van der Waals surface area (Å²) in [4.78, 5) is 37.5. The summed E-state index contributed by atoms with van der Waals surface area (Å²) in [5.74, 6) is 0.814. The Morgan fingerprint density at radius 2 is 1.86 bits per heavy atom.